The van der Waals surface area contributed by atoms with Gasteiger partial charge >= 0.3 is 5.97 Å². The molecule has 0 saturated heterocycles. The number of aromatic carboxylic acids is 1. The first-order chi connectivity index (χ1) is 12.5. The molecule has 1 heterocycles. The number of para-hydroxylation sites is 1. The van der Waals surface area contributed by atoms with Crippen LogP contribution in [-0.4, -0.2) is 35.1 Å². The van der Waals surface area contributed by atoms with E-state index in [1.165, 1.54) is 12.4 Å². The maximum absolute atomic E-state index is 11.3. The number of anilines is 5. The Kier molecular flexibility index (Phi) is 4.98. The first kappa shape index (κ1) is 17.2. The highest BCUT2D eigenvalue weighted by Gasteiger charge is 2.10. The summed E-state index contributed by atoms with van der Waals surface area (Å²) < 4.78 is 0. The zero-order chi connectivity index (χ0) is 18.5. The van der Waals surface area contributed by atoms with Crippen molar-refractivity contribution >= 4 is 34.7 Å². The highest BCUT2D eigenvalue weighted by atomic mass is 16.4. The average Bonchev–Trinajstić information content (AvgIpc) is 2.63. The summed E-state index contributed by atoms with van der Waals surface area (Å²) in [6, 6.07) is 16.3. The lowest BCUT2D eigenvalue weighted by atomic mass is 10.2. The maximum Gasteiger partial charge on any atom is 0.337 e. The molecule has 0 aliphatic heterocycles. The van der Waals surface area contributed by atoms with Crippen molar-refractivity contribution in [2.45, 2.75) is 0 Å². The first-order valence-corrected chi connectivity index (χ1v) is 7.99. The number of nitrogens with one attached hydrogen (secondary N) is 2. The second-order valence-electron chi connectivity index (χ2n) is 5.83. The van der Waals surface area contributed by atoms with Gasteiger partial charge in [0.25, 0.3) is 0 Å². The Bertz CT molecular complexity index is 910. The molecule has 7 heteroatoms. The topological polar surface area (TPSA) is 90.4 Å². The molecule has 1 aromatic heterocycles. The average molecular weight is 349 g/mol. The van der Waals surface area contributed by atoms with E-state index in [4.69, 9.17) is 0 Å². The number of nitrogens with zero attached hydrogens (tertiary/aromatic N) is 3. The third-order valence-electron chi connectivity index (χ3n) is 3.74. The van der Waals surface area contributed by atoms with Gasteiger partial charge in [-0.3, -0.25) is 0 Å². The molecule has 0 aliphatic rings. The highest BCUT2D eigenvalue weighted by molar-refractivity contribution is 5.95. The number of benzene rings is 2. The summed E-state index contributed by atoms with van der Waals surface area (Å²) in [6.07, 6.45) is 1.42. The van der Waals surface area contributed by atoms with E-state index in [0.29, 0.717) is 17.3 Å². The predicted molar refractivity (Wildman–Crippen MR) is 103 cm³/mol. The molecule has 3 rings (SSSR count). The molecule has 0 spiro atoms. The van der Waals surface area contributed by atoms with Crippen molar-refractivity contribution in [1.82, 2.24) is 9.97 Å². The Labute approximate surface area is 151 Å². The van der Waals surface area contributed by atoms with Gasteiger partial charge in [0.2, 0.25) is 0 Å². The van der Waals surface area contributed by atoms with Crippen molar-refractivity contribution in [3.05, 3.63) is 66.5 Å². The molecule has 0 bridgehead atoms. The monoisotopic (exact) mass is 349 g/mol. The van der Waals surface area contributed by atoms with Gasteiger partial charge in [0.05, 0.1) is 11.3 Å². The van der Waals surface area contributed by atoms with Gasteiger partial charge in [-0.25, -0.2) is 14.8 Å². The highest BCUT2D eigenvalue weighted by Crippen LogP contribution is 2.23. The van der Waals surface area contributed by atoms with E-state index in [1.54, 1.807) is 24.3 Å². The second kappa shape index (κ2) is 7.52. The third kappa shape index (κ3) is 4.07. The van der Waals surface area contributed by atoms with Crippen molar-refractivity contribution in [2.75, 3.05) is 29.6 Å². The number of carbonyl (C=O) groups is 1. The van der Waals surface area contributed by atoms with E-state index >= 15 is 0 Å². The number of rotatable bonds is 6. The van der Waals surface area contributed by atoms with Crippen molar-refractivity contribution in [1.29, 1.82) is 0 Å². The van der Waals surface area contributed by atoms with Gasteiger partial charge in [0.1, 0.15) is 18.0 Å². The molecule has 0 aliphatic carbocycles. The molecule has 0 unspecified atom stereocenters. The summed E-state index contributed by atoms with van der Waals surface area (Å²) in [7, 11) is 3.97. The fraction of sp³-hybridized carbons (Fsp3) is 0.105. The summed E-state index contributed by atoms with van der Waals surface area (Å²) in [5, 5.41) is 15.5. The van der Waals surface area contributed by atoms with Crippen molar-refractivity contribution in [3.8, 4) is 0 Å². The summed E-state index contributed by atoms with van der Waals surface area (Å²) in [4.78, 5) is 21.7. The van der Waals surface area contributed by atoms with E-state index in [0.717, 1.165) is 11.4 Å². The molecule has 0 atom stereocenters. The van der Waals surface area contributed by atoms with Crippen molar-refractivity contribution in [3.63, 3.8) is 0 Å². The van der Waals surface area contributed by atoms with Crippen LogP contribution in [0.25, 0.3) is 0 Å². The number of aromatic nitrogens is 2. The van der Waals surface area contributed by atoms with Crippen LogP contribution in [0.15, 0.2) is 60.9 Å². The standard InChI is InChI=1S/C19H19N5O2/c1-24(2)14-9-7-13(8-10-14)22-17-11-18(21-12-20-17)23-16-6-4-3-5-15(16)19(25)26/h3-12H,1-2H3,(H,25,26)(H2,20,21,22,23). The summed E-state index contributed by atoms with van der Waals surface area (Å²) >= 11 is 0. The minimum Gasteiger partial charge on any atom is -0.478 e. The molecule has 26 heavy (non-hydrogen) atoms. The van der Waals surface area contributed by atoms with Gasteiger partial charge < -0.3 is 20.6 Å². The van der Waals surface area contributed by atoms with Gasteiger partial charge in [0.15, 0.2) is 0 Å². The van der Waals surface area contributed by atoms with Crippen LogP contribution < -0.4 is 15.5 Å². The summed E-state index contributed by atoms with van der Waals surface area (Å²) in [5.41, 5.74) is 2.65. The Hall–Kier alpha value is -3.61. The Morgan fingerprint density at radius 3 is 2.27 bits per heavy atom. The lowest BCUT2D eigenvalue weighted by molar-refractivity contribution is 0.0698. The van der Waals surface area contributed by atoms with E-state index in [9.17, 15) is 9.90 Å². The van der Waals surface area contributed by atoms with Crippen LogP contribution in [0.5, 0.6) is 0 Å². The lowest BCUT2D eigenvalue weighted by Gasteiger charge is -2.13. The van der Waals surface area contributed by atoms with Gasteiger partial charge in [-0.2, -0.15) is 0 Å². The molecule has 7 nitrogen and oxygen atoms in total. The Morgan fingerprint density at radius 2 is 1.62 bits per heavy atom. The Balaban J connectivity index is 1.77. The maximum atomic E-state index is 11.3. The van der Waals surface area contributed by atoms with Crippen LogP contribution >= 0.6 is 0 Å². The van der Waals surface area contributed by atoms with E-state index in [2.05, 4.69) is 20.6 Å². The normalized spacial score (nSPS) is 10.2. The molecule has 0 radical (unpaired) electrons. The molecule has 132 valence electrons. The van der Waals surface area contributed by atoms with Crippen LogP contribution in [-0.2, 0) is 0 Å². The molecular weight excluding hydrogens is 330 g/mol. The smallest absolute Gasteiger partial charge is 0.337 e. The molecule has 0 fully saturated rings. The number of carboxylic acids is 1. The van der Waals surface area contributed by atoms with Crippen LogP contribution in [0.3, 0.4) is 0 Å². The van der Waals surface area contributed by atoms with Crippen LogP contribution in [0.1, 0.15) is 10.4 Å². The van der Waals surface area contributed by atoms with Crippen molar-refractivity contribution < 1.29 is 9.90 Å². The fourth-order valence-corrected chi connectivity index (χ4v) is 2.40. The van der Waals surface area contributed by atoms with Crippen LogP contribution in [0.4, 0.5) is 28.7 Å². The van der Waals surface area contributed by atoms with Gasteiger partial charge in [-0.05, 0) is 36.4 Å². The molecule has 3 aromatic rings. The second-order valence-corrected chi connectivity index (χ2v) is 5.83. The summed E-state index contributed by atoms with van der Waals surface area (Å²) in [6.45, 7) is 0. The minimum atomic E-state index is -0.999. The predicted octanol–water partition coefficient (Wildman–Crippen LogP) is 3.73. The van der Waals surface area contributed by atoms with E-state index in [-0.39, 0.29) is 5.56 Å². The molecule has 0 amide bonds. The number of hydrogen-bond donors (Lipinski definition) is 3. The fourth-order valence-electron chi connectivity index (χ4n) is 2.40. The SMILES string of the molecule is CN(C)c1ccc(Nc2cc(Nc3ccccc3C(=O)O)ncn2)cc1. The molecule has 2 aromatic carbocycles. The van der Waals surface area contributed by atoms with Crippen LogP contribution in [0, 0.1) is 0 Å². The zero-order valence-corrected chi connectivity index (χ0v) is 14.5. The minimum absolute atomic E-state index is 0.180. The van der Waals surface area contributed by atoms with Crippen LogP contribution in [0.2, 0.25) is 0 Å². The molecule has 0 saturated carbocycles. The largest absolute Gasteiger partial charge is 0.478 e. The van der Waals surface area contributed by atoms with E-state index < -0.39 is 5.97 Å². The van der Waals surface area contributed by atoms with E-state index in [1.807, 2.05) is 43.3 Å². The zero-order valence-electron chi connectivity index (χ0n) is 14.5. The summed E-state index contributed by atoms with van der Waals surface area (Å²) in [5.74, 6) is 0.107. The number of carboxylic acid groups (broad SMARTS) is 1. The van der Waals surface area contributed by atoms with Crippen molar-refractivity contribution in [2.24, 2.45) is 0 Å². The quantitative estimate of drug-likeness (QED) is 0.624. The molecular formula is C19H19N5O2. The Morgan fingerprint density at radius 1 is 0.962 bits per heavy atom. The number of hydrogen-bond acceptors (Lipinski definition) is 6. The van der Waals surface area contributed by atoms with Gasteiger partial charge in [0, 0.05) is 31.5 Å². The first-order valence-electron chi connectivity index (χ1n) is 7.99. The third-order valence-corrected chi connectivity index (χ3v) is 3.74. The molecule has 3 N–H and O–H groups in total. The van der Waals surface area contributed by atoms with Gasteiger partial charge in [-0.15, -0.1) is 0 Å². The lowest BCUT2D eigenvalue weighted by Crippen LogP contribution is -2.08. The van der Waals surface area contributed by atoms with Gasteiger partial charge in [-0.1, -0.05) is 12.1 Å².